The summed E-state index contributed by atoms with van der Waals surface area (Å²) in [7, 11) is 0. The molecular weight excluding hydrogens is 467 g/mol. The van der Waals surface area contributed by atoms with Gasteiger partial charge >= 0.3 is 0 Å². The SMILES string of the molecule is Cc1cc(CC(O)CSc2nc3sc4c(c3c(=O)n2-c2ccccc2)CCC(C)C4)ccc1F. The number of aromatic nitrogens is 2. The van der Waals surface area contributed by atoms with Gasteiger partial charge in [0, 0.05) is 10.6 Å². The van der Waals surface area contributed by atoms with Gasteiger partial charge in [0.15, 0.2) is 5.16 Å². The molecule has 0 spiro atoms. The highest BCUT2D eigenvalue weighted by molar-refractivity contribution is 7.99. The van der Waals surface area contributed by atoms with Crippen molar-refractivity contribution in [2.45, 2.75) is 50.8 Å². The number of aliphatic hydroxyl groups excluding tert-OH is 1. The average Bonchev–Trinajstić information content (AvgIpc) is 3.18. The first kappa shape index (κ1) is 23.3. The van der Waals surface area contributed by atoms with Crippen molar-refractivity contribution >= 4 is 33.3 Å². The van der Waals surface area contributed by atoms with Crippen LogP contribution in [0.15, 0.2) is 58.5 Å². The largest absolute Gasteiger partial charge is 0.392 e. The molecule has 2 heterocycles. The van der Waals surface area contributed by atoms with Gasteiger partial charge in [-0.1, -0.05) is 49.0 Å². The number of para-hydroxylation sites is 1. The van der Waals surface area contributed by atoms with Gasteiger partial charge in [0.05, 0.1) is 17.2 Å². The molecule has 176 valence electrons. The van der Waals surface area contributed by atoms with Crippen LogP contribution in [0.25, 0.3) is 15.9 Å². The highest BCUT2D eigenvalue weighted by Crippen LogP contribution is 2.37. The van der Waals surface area contributed by atoms with E-state index in [1.807, 2.05) is 30.3 Å². The second-order valence-electron chi connectivity index (χ2n) is 9.15. The minimum absolute atomic E-state index is 0.0330. The van der Waals surface area contributed by atoms with E-state index in [1.54, 1.807) is 35.0 Å². The predicted octanol–water partition coefficient (Wildman–Crippen LogP) is 5.72. The molecule has 2 unspecified atom stereocenters. The summed E-state index contributed by atoms with van der Waals surface area (Å²) in [6.45, 7) is 3.98. The van der Waals surface area contributed by atoms with E-state index in [0.29, 0.717) is 28.8 Å². The summed E-state index contributed by atoms with van der Waals surface area (Å²) in [5.41, 5.74) is 3.37. The van der Waals surface area contributed by atoms with Gasteiger partial charge in [0.2, 0.25) is 0 Å². The normalized spacial score (nSPS) is 16.5. The summed E-state index contributed by atoms with van der Waals surface area (Å²) >= 11 is 3.03. The summed E-state index contributed by atoms with van der Waals surface area (Å²) < 4.78 is 15.3. The van der Waals surface area contributed by atoms with Gasteiger partial charge in [-0.2, -0.15) is 0 Å². The topological polar surface area (TPSA) is 55.1 Å². The Morgan fingerprint density at radius 2 is 2.06 bits per heavy atom. The van der Waals surface area contributed by atoms with Crippen molar-refractivity contribution < 1.29 is 9.50 Å². The third kappa shape index (κ3) is 4.57. The van der Waals surface area contributed by atoms with Crippen molar-refractivity contribution in [2.24, 2.45) is 5.92 Å². The van der Waals surface area contributed by atoms with Crippen LogP contribution >= 0.6 is 23.1 Å². The zero-order valence-corrected chi connectivity index (χ0v) is 20.9. The molecule has 7 heteroatoms. The molecule has 0 bridgehead atoms. The van der Waals surface area contributed by atoms with Crippen LogP contribution in [-0.4, -0.2) is 26.5 Å². The van der Waals surface area contributed by atoms with Crippen molar-refractivity contribution in [3.8, 4) is 5.69 Å². The van der Waals surface area contributed by atoms with E-state index in [0.717, 1.165) is 40.7 Å². The van der Waals surface area contributed by atoms with E-state index in [9.17, 15) is 14.3 Å². The van der Waals surface area contributed by atoms with E-state index in [-0.39, 0.29) is 11.4 Å². The smallest absolute Gasteiger partial charge is 0.267 e. The maximum Gasteiger partial charge on any atom is 0.267 e. The summed E-state index contributed by atoms with van der Waals surface area (Å²) in [6.07, 6.45) is 2.78. The molecule has 0 radical (unpaired) electrons. The lowest BCUT2D eigenvalue weighted by molar-refractivity contribution is 0.200. The molecule has 0 saturated heterocycles. The molecular formula is C27H27FN2O2S2. The molecule has 1 aliphatic carbocycles. The van der Waals surface area contributed by atoms with Crippen LogP contribution < -0.4 is 5.56 Å². The predicted molar refractivity (Wildman–Crippen MR) is 138 cm³/mol. The fourth-order valence-electron chi connectivity index (χ4n) is 4.61. The average molecular weight is 495 g/mol. The van der Waals surface area contributed by atoms with E-state index >= 15 is 0 Å². The lowest BCUT2D eigenvalue weighted by atomic mass is 9.89. The van der Waals surface area contributed by atoms with Gasteiger partial charge in [-0.3, -0.25) is 9.36 Å². The van der Waals surface area contributed by atoms with E-state index in [1.165, 1.54) is 28.3 Å². The quantitative estimate of drug-likeness (QED) is 0.275. The minimum Gasteiger partial charge on any atom is -0.392 e. The number of aryl methyl sites for hydroxylation is 2. The van der Waals surface area contributed by atoms with Gasteiger partial charge in [0.1, 0.15) is 10.6 Å². The van der Waals surface area contributed by atoms with Crippen LogP contribution in [0, 0.1) is 18.7 Å². The van der Waals surface area contributed by atoms with Crippen LogP contribution in [0.4, 0.5) is 4.39 Å². The van der Waals surface area contributed by atoms with Crippen molar-refractivity contribution in [2.75, 3.05) is 5.75 Å². The van der Waals surface area contributed by atoms with Crippen molar-refractivity contribution in [3.63, 3.8) is 0 Å². The number of hydrogen-bond acceptors (Lipinski definition) is 5. The molecule has 2 atom stereocenters. The van der Waals surface area contributed by atoms with Crippen LogP contribution in [0.3, 0.4) is 0 Å². The summed E-state index contributed by atoms with van der Waals surface area (Å²) in [5, 5.41) is 12.0. The fraction of sp³-hybridized carbons (Fsp3) is 0.333. The van der Waals surface area contributed by atoms with Crippen LogP contribution in [0.5, 0.6) is 0 Å². The van der Waals surface area contributed by atoms with Gasteiger partial charge in [-0.15, -0.1) is 11.3 Å². The molecule has 0 saturated carbocycles. The molecule has 0 fully saturated rings. The van der Waals surface area contributed by atoms with Crippen molar-refractivity contribution in [1.29, 1.82) is 0 Å². The van der Waals surface area contributed by atoms with Gasteiger partial charge < -0.3 is 5.11 Å². The molecule has 1 aliphatic rings. The Bertz CT molecular complexity index is 1400. The van der Waals surface area contributed by atoms with E-state index in [2.05, 4.69) is 6.92 Å². The molecule has 4 nitrogen and oxygen atoms in total. The van der Waals surface area contributed by atoms with Crippen LogP contribution in [-0.2, 0) is 19.3 Å². The number of fused-ring (bicyclic) bond motifs is 3. The molecule has 0 amide bonds. The Morgan fingerprint density at radius 3 is 2.82 bits per heavy atom. The van der Waals surface area contributed by atoms with E-state index in [4.69, 9.17) is 4.98 Å². The number of nitrogens with zero attached hydrogens (tertiary/aromatic N) is 2. The number of rotatable bonds is 6. The third-order valence-electron chi connectivity index (χ3n) is 6.41. The molecule has 2 aromatic heterocycles. The first-order valence-electron chi connectivity index (χ1n) is 11.6. The lowest BCUT2D eigenvalue weighted by Gasteiger charge is -2.18. The molecule has 5 rings (SSSR count). The van der Waals surface area contributed by atoms with Crippen molar-refractivity contribution in [1.82, 2.24) is 9.55 Å². The maximum atomic E-state index is 13.8. The Labute approximate surface area is 206 Å². The van der Waals surface area contributed by atoms with Gasteiger partial charge in [0.25, 0.3) is 5.56 Å². The number of benzene rings is 2. The van der Waals surface area contributed by atoms with Gasteiger partial charge in [-0.25, -0.2) is 9.37 Å². The number of hydrogen-bond donors (Lipinski definition) is 1. The van der Waals surface area contributed by atoms with Gasteiger partial charge in [-0.05, 0) is 73.4 Å². The Balaban J connectivity index is 1.49. The number of thiophene rings is 1. The first-order chi connectivity index (χ1) is 16.4. The third-order valence-corrected chi connectivity index (χ3v) is 8.64. The Kier molecular flexibility index (Phi) is 6.60. The summed E-state index contributed by atoms with van der Waals surface area (Å²) in [5.74, 6) is 0.754. The highest BCUT2D eigenvalue weighted by atomic mass is 32.2. The Hall–Kier alpha value is -2.48. The molecule has 1 N–H and O–H groups in total. The minimum atomic E-state index is -0.649. The number of aliphatic hydroxyl groups is 1. The second kappa shape index (κ2) is 9.64. The molecule has 34 heavy (non-hydrogen) atoms. The van der Waals surface area contributed by atoms with Crippen LogP contribution in [0.1, 0.15) is 34.9 Å². The zero-order chi connectivity index (χ0) is 23.8. The van der Waals surface area contributed by atoms with Crippen molar-refractivity contribution in [3.05, 3.63) is 86.3 Å². The number of thioether (sulfide) groups is 1. The maximum absolute atomic E-state index is 13.8. The molecule has 0 aliphatic heterocycles. The number of halogens is 1. The Morgan fingerprint density at radius 1 is 1.26 bits per heavy atom. The molecule has 4 aromatic rings. The second-order valence-corrected chi connectivity index (χ2v) is 11.2. The fourth-order valence-corrected chi connectivity index (χ4v) is 6.97. The monoisotopic (exact) mass is 494 g/mol. The van der Waals surface area contributed by atoms with Crippen LogP contribution in [0.2, 0.25) is 0 Å². The standard InChI is InChI=1S/C27H27FN2O2S2/c1-16-8-10-21-23(12-16)34-25-24(21)26(32)30(19-6-4-3-5-7-19)27(29-25)33-15-20(31)14-18-9-11-22(28)17(2)13-18/h3-7,9,11,13,16,20,31H,8,10,12,14-15H2,1-2H3. The lowest BCUT2D eigenvalue weighted by Crippen LogP contribution is -2.23. The zero-order valence-electron chi connectivity index (χ0n) is 19.3. The van der Waals surface area contributed by atoms with E-state index < -0.39 is 6.10 Å². The molecule has 2 aromatic carbocycles. The summed E-state index contributed by atoms with van der Waals surface area (Å²) in [6, 6.07) is 14.5. The summed E-state index contributed by atoms with van der Waals surface area (Å²) in [4.78, 5) is 20.8. The first-order valence-corrected chi connectivity index (χ1v) is 13.4. The highest BCUT2D eigenvalue weighted by Gasteiger charge is 2.25.